The van der Waals surface area contributed by atoms with Crippen molar-refractivity contribution in [3.05, 3.63) is 0 Å². The van der Waals surface area contributed by atoms with E-state index >= 15 is 0 Å². The van der Waals surface area contributed by atoms with Crippen LogP contribution in [0.4, 0.5) is 0 Å². The van der Waals surface area contributed by atoms with Gasteiger partial charge in [-0.25, -0.2) is 0 Å². The molecule has 0 aliphatic heterocycles. The summed E-state index contributed by atoms with van der Waals surface area (Å²) in [5.74, 6) is 10.5. The van der Waals surface area contributed by atoms with Crippen LogP contribution in [0.5, 0.6) is 0 Å². The van der Waals surface area contributed by atoms with E-state index < -0.39 is 5.60 Å². The number of aliphatic hydroxyl groups is 2. The van der Waals surface area contributed by atoms with E-state index in [0.717, 1.165) is 0 Å². The zero-order valence-corrected chi connectivity index (χ0v) is 7.52. The highest BCUT2D eigenvalue weighted by atomic mass is 16.3. The molecule has 0 aliphatic rings. The quantitative estimate of drug-likeness (QED) is 0.464. The Hall–Kier alpha value is -0.960. The van der Waals surface area contributed by atoms with Gasteiger partial charge >= 0.3 is 0 Å². The summed E-state index contributed by atoms with van der Waals surface area (Å²) in [6, 6.07) is 0. The zero-order chi connectivity index (χ0) is 9.45. The van der Waals surface area contributed by atoms with E-state index in [9.17, 15) is 0 Å². The molecular formula is C10H14O2. The number of unbranched alkanes of at least 4 members (excludes halogenated alkanes) is 1. The second kappa shape index (κ2) is 5.66. The second-order valence-electron chi connectivity index (χ2n) is 2.94. The van der Waals surface area contributed by atoms with Crippen molar-refractivity contribution in [2.24, 2.45) is 0 Å². The standard InChI is InChI=1S/C10H14O2/c1-10(2,12)8-6-4-3-5-7-9-11/h11-12H,5,7,9H2,1-2H3. The minimum Gasteiger partial charge on any atom is -0.396 e. The Morgan fingerprint density at radius 3 is 2.42 bits per heavy atom. The third-order valence-corrected chi connectivity index (χ3v) is 0.979. The van der Waals surface area contributed by atoms with Crippen LogP contribution in [0.2, 0.25) is 0 Å². The van der Waals surface area contributed by atoms with E-state index in [4.69, 9.17) is 10.2 Å². The Bertz CT molecular complexity index is 227. The van der Waals surface area contributed by atoms with Crippen LogP contribution in [0.15, 0.2) is 0 Å². The molecule has 0 fully saturated rings. The van der Waals surface area contributed by atoms with Gasteiger partial charge in [0.1, 0.15) is 5.60 Å². The monoisotopic (exact) mass is 166 g/mol. The molecule has 2 heteroatoms. The summed E-state index contributed by atoms with van der Waals surface area (Å²) in [5, 5.41) is 17.5. The molecule has 0 aromatic rings. The molecule has 66 valence electrons. The van der Waals surface area contributed by atoms with Crippen LogP contribution in [0.1, 0.15) is 26.7 Å². The van der Waals surface area contributed by atoms with Gasteiger partial charge in [-0.2, -0.15) is 0 Å². The van der Waals surface area contributed by atoms with Gasteiger partial charge in [-0.1, -0.05) is 11.8 Å². The average molecular weight is 166 g/mol. The van der Waals surface area contributed by atoms with Gasteiger partial charge in [-0.3, -0.25) is 0 Å². The van der Waals surface area contributed by atoms with Crippen molar-refractivity contribution >= 4 is 0 Å². The lowest BCUT2D eigenvalue weighted by Crippen LogP contribution is -2.14. The van der Waals surface area contributed by atoms with Crippen LogP contribution in [0.25, 0.3) is 0 Å². The summed E-state index contributed by atoms with van der Waals surface area (Å²) in [4.78, 5) is 0. The summed E-state index contributed by atoms with van der Waals surface area (Å²) in [6.07, 6.45) is 1.33. The molecule has 0 heterocycles. The summed E-state index contributed by atoms with van der Waals surface area (Å²) in [5.41, 5.74) is -0.967. The molecule has 0 bridgehead atoms. The van der Waals surface area contributed by atoms with Crippen molar-refractivity contribution in [1.29, 1.82) is 0 Å². The minimum atomic E-state index is -0.967. The van der Waals surface area contributed by atoms with Crippen molar-refractivity contribution in [1.82, 2.24) is 0 Å². The van der Waals surface area contributed by atoms with Gasteiger partial charge in [0.15, 0.2) is 0 Å². The predicted octanol–water partition coefficient (Wildman–Crippen LogP) is 0.537. The lowest BCUT2D eigenvalue weighted by molar-refractivity contribution is 0.143. The second-order valence-corrected chi connectivity index (χ2v) is 2.94. The molecule has 12 heavy (non-hydrogen) atoms. The van der Waals surface area contributed by atoms with E-state index in [1.165, 1.54) is 0 Å². The summed E-state index contributed by atoms with van der Waals surface area (Å²) in [7, 11) is 0. The van der Waals surface area contributed by atoms with Gasteiger partial charge in [0.2, 0.25) is 0 Å². The number of hydrogen-bond donors (Lipinski definition) is 2. The SMILES string of the molecule is CC(C)(O)C#CC#CCCCO. The number of aliphatic hydroxyl groups excluding tert-OH is 1. The van der Waals surface area contributed by atoms with E-state index in [2.05, 4.69) is 23.7 Å². The molecule has 0 aromatic heterocycles. The summed E-state index contributed by atoms with van der Waals surface area (Å²) in [6.45, 7) is 3.37. The van der Waals surface area contributed by atoms with Crippen LogP contribution in [-0.2, 0) is 0 Å². The summed E-state index contributed by atoms with van der Waals surface area (Å²) < 4.78 is 0. The first kappa shape index (κ1) is 11.0. The molecule has 0 aromatic carbocycles. The fraction of sp³-hybridized carbons (Fsp3) is 0.600. The Kier molecular flexibility index (Phi) is 5.21. The molecule has 0 saturated carbocycles. The topological polar surface area (TPSA) is 40.5 Å². The highest BCUT2D eigenvalue weighted by Crippen LogP contribution is 1.95. The van der Waals surface area contributed by atoms with Crippen LogP contribution < -0.4 is 0 Å². The maximum Gasteiger partial charge on any atom is 0.120 e. The number of rotatable bonds is 2. The van der Waals surface area contributed by atoms with Gasteiger partial charge in [0.05, 0.1) is 0 Å². The smallest absolute Gasteiger partial charge is 0.120 e. The summed E-state index contributed by atoms with van der Waals surface area (Å²) >= 11 is 0. The third kappa shape index (κ3) is 9.04. The molecular weight excluding hydrogens is 152 g/mol. The number of hydrogen-bond acceptors (Lipinski definition) is 2. The van der Waals surface area contributed by atoms with E-state index in [1.807, 2.05) is 0 Å². The van der Waals surface area contributed by atoms with Crippen LogP contribution in [0, 0.1) is 23.7 Å². The largest absolute Gasteiger partial charge is 0.396 e. The van der Waals surface area contributed by atoms with E-state index in [0.29, 0.717) is 12.8 Å². The van der Waals surface area contributed by atoms with Crippen molar-refractivity contribution in [2.75, 3.05) is 6.61 Å². The van der Waals surface area contributed by atoms with Gasteiger partial charge in [-0.15, -0.1) is 0 Å². The predicted molar refractivity (Wildman–Crippen MR) is 48.2 cm³/mol. The lowest BCUT2D eigenvalue weighted by atomic mass is 10.1. The molecule has 0 radical (unpaired) electrons. The van der Waals surface area contributed by atoms with Crippen LogP contribution >= 0.6 is 0 Å². The Morgan fingerprint density at radius 2 is 1.92 bits per heavy atom. The van der Waals surface area contributed by atoms with Gasteiger partial charge in [0, 0.05) is 13.0 Å². The molecule has 0 saturated heterocycles. The van der Waals surface area contributed by atoms with Gasteiger partial charge < -0.3 is 10.2 Å². The molecule has 0 atom stereocenters. The van der Waals surface area contributed by atoms with Crippen molar-refractivity contribution in [3.8, 4) is 23.7 Å². The third-order valence-electron chi connectivity index (χ3n) is 0.979. The zero-order valence-electron chi connectivity index (χ0n) is 7.52. The Labute approximate surface area is 73.6 Å². The van der Waals surface area contributed by atoms with Crippen molar-refractivity contribution < 1.29 is 10.2 Å². The highest BCUT2D eigenvalue weighted by molar-refractivity contribution is 5.28. The average Bonchev–Trinajstić information content (AvgIpc) is 1.94. The van der Waals surface area contributed by atoms with Crippen LogP contribution in [0.3, 0.4) is 0 Å². The molecule has 2 N–H and O–H groups in total. The maximum atomic E-state index is 9.14. The molecule has 0 aliphatic carbocycles. The van der Waals surface area contributed by atoms with Gasteiger partial charge in [0.25, 0.3) is 0 Å². The molecule has 0 spiro atoms. The highest BCUT2D eigenvalue weighted by Gasteiger charge is 2.04. The van der Waals surface area contributed by atoms with Crippen molar-refractivity contribution in [3.63, 3.8) is 0 Å². The molecule has 2 nitrogen and oxygen atoms in total. The first-order valence-electron chi connectivity index (χ1n) is 3.89. The first-order valence-corrected chi connectivity index (χ1v) is 3.89. The lowest BCUT2D eigenvalue weighted by Gasteiger charge is -2.04. The van der Waals surface area contributed by atoms with E-state index in [-0.39, 0.29) is 6.61 Å². The fourth-order valence-electron chi connectivity index (χ4n) is 0.458. The Balaban J connectivity index is 3.74. The van der Waals surface area contributed by atoms with Gasteiger partial charge in [-0.05, 0) is 32.1 Å². The molecule has 0 unspecified atom stereocenters. The van der Waals surface area contributed by atoms with E-state index in [1.54, 1.807) is 13.8 Å². The maximum absolute atomic E-state index is 9.14. The molecule has 0 amide bonds. The van der Waals surface area contributed by atoms with Crippen LogP contribution in [-0.4, -0.2) is 22.4 Å². The minimum absolute atomic E-state index is 0.160. The Morgan fingerprint density at radius 1 is 1.25 bits per heavy atom. The normalized spacial score (nSPS) is 9.33. The van der Waals surface area contributed by atoms with Crippen molar-refractivity contribution in [2.45, 2.75) is 32.3 Å². The molecule has 0 rings (SSSR count). The fourth-order valence-corrected chi connectivity index (χ4v) is 0.458. The first-order chi connectivity index (χ1) is 5.56.